The fraction of sp³-hybridized carbons (Fsp3) is 0.263. The summed E-state index contributed by atoms with van der Waals surface area (Å²) in [6.45, 7) is 1.26. The van der Waals surface area contributed by atoms with Gasteiger partial charge in [0.25, 0.3) is 5.91 Å². The zero-order valence-electron chi connectivity index (χ0n) is 14.1. The molecule has 2 fully saturated rings. The molecule has 2 saturated heterocycles. The quantitative estimate of drug-likeness (QED) is 0.455. The molecule has 1 unspecified atom stereocenters. The van der Waals surface area contributed by atoms with Gasteiger partial charge >= 0.3 is 0 Å². The van der Waals surface area contributed by atoms with Crippen LogP contribution in [0, 0.1) is 0 Å². The molecule has 1 aromatic carbocycles. The monoisotopic (exact) mass is 439 g/mol. The Bertz CT molecular complexity index is 935. The summed E-state index contributed by atoms with van der Waals surface area (Å²) in [6.07, 6.45) is 3.77. The standard InChI is InChI=1S/C19H15Cl2NO3S2/c20-14-5-3-11(8-15(14)21)16-6-4-12(25-16)9-17-18(23)22(19(26)27-17)10-13-2-1-7-24-13/h3-6,8-9,13H,1-2,7,10H2. The molecule has 0 N–H and O–H groups in total. The summed E-state index contributed by atoms with van der Waals surface area (Å²) in [5.41, 5.74) is 0.815. The van der Waals surface area contributed by atoms with Crippen molar-refractivity contribution in [2.45, 2.75) is 18.9 Å². The number of ether oxygens (including phenoxy) is 1. The molecule has 2 aliphatic heterocycles. The van der Waals surface area contributed by atoms with Crippen molar-refractivity contribution in [1.82, 2.24) is 4.90 Å². The topological polar surface area (TPSA) is 42.7 Å². The van der Waals surface area contributed by atoms with E-state index in [1.54, 1.807) is 23.1 Å². The highest BCUT2D eigenvalue weighted by Gasteiger charge is 2.34. The van der Waals surface area contributed by atoms with E-state index in [2.05, 4.69) is 0 Å². The lowest BCUT2D eigenvalue weighted by Gasteiger charge is -2.18. The minimum atomic E-state index is -0.104. The number of hydrogen-bond donors (Lipinski definition) is 0. The molecule has 0 saturated carbocycles. The fourth-order valence-corrected chi connectivity index (χ4v) is 4.57. The molecule has 4 nitrogen and oxygen atoms in total. The maximum absolute atomic E-state index is 12.7. The molecule has 27 heavy (non-hydrogen) atoms. The van der Waals surface area contributed by atoms with E-state index in [0.29, 0.717) is 37.3 Å². The van der Waals surface area contributed by atoms with Crippen molar-refractivity contribution >= 4 is 63.5 Å². The summed E-state index contributed by atoms with van der Waals surface area (Å²) in [5, 5.41) is 0.948. The van der Waals surface area contributed by atoms with Crippen molar-refractivity contribution in [2.24, 2.45) is 0 Å². The van der Waals surface area contributed by atoms with Crippen molar-refractivity contribution in [2.75, 3.05) is 13.2 Å². The molecule has 4 rings (SSSR count). The van der Waals surface area contributed by atoms with Crippen LogP contribution in [0.1, 0.15) is 18.6 Å². The molecule has 140 valence electrons. The summed E-state index contributed by atoms with van der Waals surface area (Å²) >= 11 is 18.7. The first-order valence-electron chi connectivity index (χ1n) is 8.43. The highest BCUT2D eigenvalue weighted by molar-refractivity contribution is 8.26. The number of furan rings is 1. The van der Waals surface area contributed by atoms with E-state index in [9.17, 15) is 4.79 Å². The predicted octanol–water partition coefficient (Wildman–Crippen LogP) is 5.63. The normalized spacial score (nSPS) is 21.6. The van der Waals surface area contributed by atoms with Gasteiger partial charge in [0.05, 0.1) is 27.6 Å². The first-order valence-corrected chi connectivity index (χ1v) is 10.4. The molecular weight excluding hydrogens is 425 g/mol. The number of hydrogen-bond acceptors (Lipinski definition) is 5. The molecule has 0 aliphatic carbocycles. The maximum Gasteiger partial charge on any atom is 0.266 e. The zero-order chi connectivity index (χ0) is 19.0. The van der Waals surface area contributed by atoms with Crippen LogP contribution in [-0.4, -0.2) is 34.4 Å². The van der Waals surface area contributed by atoms with Crippen molar-refractivity contribution in [3.05, 3.63) is 51.0 Å². The molecule has 1 aromatic heterocycles. The number of thioether (sulfide) groups is 1. The first-order chi connectivity index (χ1) is 13.0. The minimum absolute atomic E-state index is 0.0664. The van der Waals surface area contributed by atoms with Gasteiger partial charge in [0.1, 0.15) is 15.8 Å². The van der Waals surface area contributed by atoms with Gasteiger partial charge in [-0.1, -0.05) is 47.2 Å². The van der Waals surface area contributed by atoms with Gasteiger partial charge in [-0.25, -0.2) is 0 Å². The van der Waals surface area contributed by atoms with Gasteiger partial charge in [-0.3, -0.25) is 9.69 Å². The number of benzene rings is 1. The third-order valence-corrected chi connectivity index (χ3v) is 6.50. The number of amides is 1. The van der Waals surface area contributed by atoms with Gasteiger partial charge in [-0.15, -0.1) is 0 Å². The van der Waals surface area contributed by atoms with E-state index in [0.717, 1.165) is 25.0 Å². The highest BCUT2D eigenvalue weighted by Crippen LogP contribution is 2.35. The van der Waals surface area contributed by atoms with Crippen LogP contribution in [0.15, 0.2) is 39.7 Å². The molecule has 2 aliphatic rings. The number of thiocarbonyl (C=S) groups is 1. The number of nitrogens with zero attached hydrogens (tertiary/aromatic N) is 1. The smallest absolute Gasteiger partial charge is 0.266 e. The van der Waals surface area contributed by atoms with E-state index in [-0.39, 0.29) is 12.0 Å². The molecule has 8 heteroatoms. The third-order valence-electron chi connectivity index (χ3n) is 4.39. The van der Waals surface area contributed by atoms with E-state index >= 15 is 0 Å². The molecule has 1 atom stereocenters. The van der Waals surface area contributed by atoms with Crippen LogP contribution in [-0.2, 0) is 9.53 Å². The largest absolute Gasteiger partial charge is 0.457 e. The van der Waals surface area contributed by atoms with E-state index < -0.39 is 0 Å². The molecule has 2 aromatic rings. The molecule has 0 spiro atoms. The second-order valence-corrected chi connectivity index (χ2v) is 8.75. The van der Waals surface area contributed by atoms with Crippen LogP contribution in [0.25, 0.3) is 17.4 Å². The molecule has 0 bridgehead atoms. The van der Waals surface area contributed by atoms with Gasteiger partial charge in [-0.05, 0) is 43.2 Å². The summed E-state index contributed by atoms with van der Waals surface area (Å²) in [5.74, 6) is 1.12. The predicted molar refractivity (Wildman–Crippen MR) is 113 cm³/mol. The van der Waals surface area contributed by atoms with E-state index in [1.807, 2.05) is 18.2 Å². The second-order valence-electron chi connectivity index (χ2n) is 6.26. The first kappa shape index (κ1) is 19.0. The van der Waals surface area contributed by atoms with Crippen LogP contribution in [0.4, 0.5) is 0 Å². The molecular formula is C19H15Cl2NO3S2. The minimum Gasteiger partial charge on any atom is -0.457 e. The van der Waals surface area contributed by atoms with Crippen molar-refractivity contribution in [1.29, 1.82) is 0 Å². The molecule has 0 radical (unpaired) electrons. The van der Waals surface area contributed by atoms with Crippen LogP contribution < -0.4 is 0 Å². The highest BCUT2D eigenvalue weighted by atomic mass is 35.5. The number of rotatable bonds is 4. The van der Waals surface area contributed by atoms with Gasteiger partial charge in [0.2, 0.25) is 0 Å². The van der Waals surface area contributed by atoms with Crippen molar-refractivity contribution in [3.8, 4) is 11.3 Å². The van der Waals surface area contributed by atoms with Gasteiger partial charge in [-0.2, -0.15) is 0 Å². The average Bonchev–Trinajstić information content (AvgIpc) is 3.37. The Morgan fingerprint density at radius 3 is 2.85 bits per heavy atom. The lowest BCUT2D eigenvalue weighted by molar-refractivity contribution is -0.123. The van der Waals surface area contributed by atoms with Gasteiger partial charge in [0, 0.05) is 18.2 Å². The number of halogens is 2. The van der Waals surface area contributed by atoms with Crippen LogP contribution in [0.5, 0.6) is 0 Å². The van der Waals surface area contributed by atoms with Crippen LogP contribution in [0.3, 0.4) is 0 Å². The van der Waals surface area contributed by atoms with Crippen molar-refractivity contribution in [3.63, 3.8) is 0 Å². The average molecular weight is 440 g/mol. The Morgan fingerprint density at radius 2 is 2.11 bits per heavy atom. The number of carbonyl (C=O) groups is 1. The zero-order valence-corrected chi connectivity index (χ0v) is 17.3. The number of carbonyl (C=O) groups excluding carboxylic acids is 1. The SMILES string of the molecule is O=C1C(=Cc2ccc(-c3ccc(Cl)c(Cl)c3)o2)SC(=S)N1CC1CCCO1. The van der Waals surface area contributed by atoms with Crippen LogP contribution >= 0.6 is 47.2 Å². The maximum atomic E-state index is 12.7. The Kier molecular flexibility index (Phi) is 5.62. The Morgan fingerprint density at radius 1 is 1.26 bits per heavy atom. The lowest BCUT2D eigenvalue weighted by Crippen LogP contribution is -2.35. The summed E-state index contributed by atoms with van der Waals surface area (Å²) < 4.78 is 12.0. The molecule has 3 heterocycles. The summed E-state index contributed by atoms with van der Waals surface area (Å²) in [7, 11) is 0. The van der Waals surface area contributed by atoms with E-state index in [1.165, 1.54) is 11.8 Å². The fourth-order valence-electron chi connectivity index (χ4n) is 3.01. The Labute approximate surface area is 176 Å². The summed E-state index contributed by atoms with van der Waals surface area (Å²) in [4.78, 5) is 14.9. The Hall–Kier alpha value is -1.31. The van der Waals surface area contributed by atoms with Gasteiger partial charge < -0.3 is 9.15 Å². The van der Waals surface area contributed by atoms with Crippen molar-refractivity contribution < 1.29 is 13.9 Å². The Balaban J connectivity index is 1.52. The summed E-state index contributed by atoms with van der Waals surface area (Å²) in [6, 6.07) is 8.94. The van der Waals surface area contributed by atoms with Gasteiger partial charge in [0.15, 0.2) is 0 Å². The third kappa shape index (κ3) is 4.10. The molecule has 1 amide bonds. The van der Waals surface area contributed by atoms with E-state index in [4.69, 9.17) is 44.6 Å². The van der Waals surface area contributed by atoms with Crippen LogP contribution in [0.2, 0.25) is 10.0 Å². The second kappa shape index (κ2) is 7.97. The lowest BCUT2D eigenvalue weighted by atomic mass is 10.2.